The van der Waals surface area contributed by atoms with Crippen LogP contribution in [0, 0.1) is 0 Å². The standard InChI is InChI=1S/C20H16N2O7/c23-6-11-10(24)5-12(29-11)22-7-21-15-16(22)20(28)14-13(19(15)27)17(25)8-3-1-2-4-9(8)18(14)26/h1-4,7,10-12,23-26H,5-6H2. The van der Waals surface area contributed by atoms with Crippen LogP contribution in [-0.4, -0.2) is 60.4 Å². The van der Waals surface area contributed by atoms with Crippen molar-refractivity contribution in [1.82, 2.24) is 9.55 Å². The Labute approximate surface area is 163 Å². The Morgan fingerprint density at radius 3 is 2.28 bits per heavy atom. The van der Waals surface area contributed by atoms with Gasteiger partial charge in [0.1, 0.15) is 35.2 Å². The molecule has 0 amide bonds. The minimum atomic E-state index is -0.939. The van der Waals surface area contributed by atoms with Gasteiger partial charge in [0.05, 0.1) is 30.2 Å². The number of ketones is 2. The molecule has 2 heterocycles. The number of ether oxygens (including phenoxy) is 1. The van der Waals surface area contributed by atoms with Crippen molar-refractivity contribution in [3.8, 4) is 11.5 Å². The molecule has 0 spiro atoms. The van der Waals surface area contributed by atoms with E-state index in [1.165, 1.54) is 17.0 Å². The van der Waals surface area contributed by atoms with Gasteiger partial charge in [-0.1, -0.05) is 24.3 Å². The molecular formula is C20H16N2O7. The molecule has 9 heteroatoms. The molecule has 0 radical (unpaired) electrons. The number of phenolic OH excluding ortho intramolecular Hbond substituents is 2. The first kappa shape index (κ1) is 17.8. The van der Waals surface area contributed by atoms with Gasteiger partial charge < -0.3 is 25.2 Å². The SMILES string of the molecule is O=C1c2ncn(C3CC(O)C(CO)O3)c2C(=O)c2c1c(O)c1ccccc1c2O. The minimum absolute atomic E-state index is 0.0942. The number of benzene rings is 2. The molecule has 1 aliphatic heterocycles. The highest BCUT2D eigenvalue weighted by molar-refractivity contribution is 6.31. The zero-order valence-electron chi connectivity index (χ0n) is 14.9. The number of aromatic nitrogens is 2. The summed E-state index contributed by atoms with van der Waals surface area (Å²) in [6.07, 6.45) is -1.23. The van der Waals surface area contributed by atoms with Crippen LogP contribution in [0.2, 0.25) is 0 Å². The quantitative estimate of drug-likeness (QED) is 0.366. The van der Waals surface area contributed by atoms with Crippen molar-refractivity contribution >= 4 is 22.3 Å². The Morgan fingerprint density at radius 2 is 1.69 bits per heavy atom. The average molecular weight is 396 g/mol. The molecule has 9 nitrogen and oxygen atoms in total. The van der Waals surface area contributed by atoms with Crippen molar-refractivity contribution in [2.45, 2.75) is 24.9 Å². The van der Waals surface area contributed by atoms with E-state index in [-0.39, 0.29) is 45.5 Å². The topological polar surface area (TPSA) is 142 Å². The first-order valence-corrected chi connectivity index (χ1v) is 9.01. The van der Waals surface area contributed by atoms with Crippen LogP contribution in [0.1, 0.15) is 44.8 Å². The van der Waals surface area contributed by atoms with E-state index in [1.54, 1.807) is 18.2 Å². The Balaban J connectivity index is 1.71. The van der Waals surface area contributed by atoms with Gasteiger partial charge in [-0.2, -0.15) is 0 Å². The van der Waals surface area contributed by atoms with Crippen LogP contribution in [0.25, 0.3) is 10.8 Å². The molecule has 1 aromatic heterocycles. The summed E-state index contributed by atoms with van der Waals surface area (Å²) in [4.78, 5) is 30.4. The van der Waals surface area contributed by atoms with Crippen LogP contribution >= 0.6 is 0 Å². The monoisotopic (exact) mass is 396 g/mol. The van der Waals surface area contributed by atoms with Gasteiger partial charge >= 0.3 is 0 Å². The second-order valence-corrected chi connectivity index (χ2v) is 7.11. The Kier molecular flexibility index (Phi) is 3.75. The molecule has 4 N–H and O–H groups in total. The molecule has 3 atom stereocenters. The van der Waals surface area contributed by atoms with E-state index in [0.717, 1.165) is 0 Å². The zero-order chi connectivity index (χ0) is 20.4. The predicted octanol–water partition coefficient (Wildman–Crippen LogP) is 0.864. The van der Waals surface area contributed by atoms with E-state index in [2.05, 4.69) is 4.98 Å². The number of hydrogen-bond acceptors (Lipinski definition) is 8. The summed E-state index contributed by atoms with van der Waals surface area (Å²) in [7, 11) is 0. The summed E-state index contributed by atoms with van der Waals surface area (Å²) in [5, 5.41) is 41.2. The number of phenols is 2. The van der Waals surface area contributed by atoms with Crippen molar-refractivity contribution in [3.63, 3.8) is 0 Å². The summed E-state index contributed by atoms with van der Waals surface area (Å²) in [5.41, 5.74) is -0.844. The lowest BCUT2D eigenvalue weighted by Gasteiger charge is -2.21. The first-order valence-electron chi connectivity index (χ1n) is 9.01. The Hall–Kier alpha value is -3.27. The van der Waals surface area contributed by atoms with Gasteiger partial charge in [-0.25, -0.2) is 4.98 Å². The number of aliphatic hydroxyl groups excluding tert-OH is 2. The molecular weight excluding hydrogens is 380 g/mol. The second-order valence-electron chi connectivity index (χ2n) is 7.11. The molecule has 1 saturated heterocycles. The molecule has 0 saturated carbocycles. The van der Waals surface area contributed by atoms with E-state index in [0.29, 0.717) is 0 Å². The molecule has 2 aliphatic rings. The Morgan fingerprint density at radius 1 is 1.07 bits per heavy atom. The van der Waals surface area contributed by atoms with Crippen LogP contribution in [0.4, 0.5) is 0 Å². The number of hydrogen-bond donors (Lipinski definition) is 4. The van der Waals surface area contributed by atoms with Crippen molar-refractivity contribution in [1.29, 1.82) is 0 Å². The summed E-state index contributed by atoms with van der Waals surface area (Å²) in [6, 6.07) is 6.36. The summed E-state index contributed by atoms with van der Waals surface area (Å²) in [6.45, 7) is -0.398. The van der Waals surface area contributed by atoms with Crippen LogP contribution < -0.4 is 0 Å². The number of nitrogens with zero attached hydrogens (tertiary/aromatic N) is 2. The summed E-state index contributed by atoms with van der Waals surface area (Å²) < 4.78 is 6.90. The fraction of sp³-hybridized carbons (Fsp3) is 0.250. The van der Waals surface area contributed by atoms with Crippen LogP contribution in [0.15, 0.2) is 30.6 Å². The molecule has 0 bridgehead atoms. The number of carbonyl (C=O) groups excluding carboxylic acids is 2. The second kappa shape index (κ2) is 6.11. The number of carbonyl (C=O) groups is 2. The van der Waals surface area contributed by atoms with Crippen molar-refractivity contribution < 1.29 is 34.8 Å². The van der Waals surface area contributed by atoms with Gasteiger partial charge in [0, 0.05) is 17.2 Å². The highest BCUT2D eigenvalue weighted by Gasteiger charge is 2.43. The predicted molar refractivity (Wildman–Crippen MR) is 98.0 cm³/mol. The van der Waals surface area contributed by atoms with Gasteiger partial charge in [0.15, 0.2) is 0 Å². The molecule has 3 unspecified atom stereocenters. The van der Waals surface area contributed by atoms with Gasteiger partial charge in [-0.3, -0.25) is 14.2 Å². The van der Waals surface area contributed by atoms with E-state index >= 15 is 0 Å². The summed E-state index contributed by atoms with van der Waals surface area (Å²) >= 11 is 0. The molecule has 2 aromatic carbocycles. The maximum Gasteiger partial charge on any atom is 0.218 e. The number of aliphatic hydroxyl groups is 2. The van der Waals surface area contributed by atoms with Crippen molar-refractivity contribution in [3.05, 3.63) is 53.1 Å². The third-order valence-electron chi connectivity index (χ3n) is 5.53. The maximum absolute atomic E-state index is 13.3. The number of rotatable bonds is 2. The fourth-order valence-electron chi connectivity index (χ4n) is 4.10. The molecule has 148 valence electrons. The molecule has 1 fully saturated rings. The lowest BCUT2D eigenvalue weighted by Crippen LogP contribution is -2.26. The third-order valence-corrected chi connectivity index (χ3v) is 5.53. The van der Waals surface area contributed by atoms with Crippen LogP contribution in [-0.2, 0) is 4.74 Å². The zero-order valence-corrected chi connectivity index (χ0v) is 14.9. The minimum Gasteiger partial charge on any atom is -0.506 e. The average Bonchev–Trinajstić information content (AvgIpc) is 3.32. The first-order chi connectivity index (χ1) is 13.9. The van der Waals surface area contributed by atoms with Gasteiger partial charge in [0.25, 0.3) is 0 Å². The molecule has 29 heavy (non-hydrogen) atoms. The third kappa shape index (κ3) is 2.29. The lowest BCUT2D eigenvalue weighted by molar-refractivity contribution is -0.0448. The highest BCUT2D eigenvalue weighted by Crippen LogP contribution is 2.44. The largest absolute Gasteiger partial charge is 0.506 e. The molecule has 1 aliphatic carbocycles. The normalized spacial score (nSPS) is 23.4. The Bertz CT molecular complexity index is 1200. The van der Waals surface area contributed by atoms with Crippen molar-refractivity contribution in [2.75, 3.05) is 6.61 Å². The number of aromatic hydroxyl groups is 2. The van der Waals surface area contributed by atoms with E-state index < -0.39 is 42.4 Å². The fourth-order valence-corrected chi connectivity index (χ4v) is 4.10. The maximum atomic E-state index is 13.3. The highest BCUT2D eigenvalue weighted by atomic mass is 16.5. The van der Waals surface area contributed by atoms with E-state index in [4.69, 9.17) is 4.74 Å². The number of fused-ring (bicyclic) bond motifs is 3. The lowest BCUT2D eigenvalue weighted by atomic mass is 9.85. The van der Waals surface area contributed by atoms with E-state index in [9.17, 15) is 30.0 Å². The van der Waals surface area contributed by atoms with Crippen molar-refractivity contribution in [2.24, 2.45) is 0 Å². The summed E-state index contributed by atoms with van der Waals surface area (Å²) in [5.74, 6) is -2.16. The van der Waals surface area contributed by atoms with Gasteiger partial charge in [0.2, 0.25) is 11.6 Å². The van der Waals surface area contributed by atoms with Crippen LogP contribution in [0.5, 0.6) is 11.5 Å². The van der Waals surface area contributed by atoms with Crippen LogP contribution in [0.3, 0.4) is 0 Å². The van der Waals surface area contributed by atoms with Gasteiger partial charge in [-0.05, 0) is 0 Å². The van der Waals surface area contributed by atoms with E-state index in [1.807, 2.05) is 0 Å². The van der Waals surface area contributed by atoms with Gasteiger partial charge in [-0.15, -0.1) is 0 Å². The number of imidazole rings is 1. The smallest absolute Gasteiger partial charge is 0.218 e. The molecule has 5 rings (SSSR count). The molecule has 3 aromatic rings.